The Morgan fingerprint density at radius 2 is 1.05 bits per heavy atom. The number of nitrogens with one attached hydrogen (secondary N) is 3. The maximum Gasteiger partial charge on any atom is 0.186 e. The van der Waals surface area contributed by atoms with Crippen LogP contribution < -0.4 is 30.7 Å². The molecule has 21 heteroatoms. The minimum Gasteiger partial charge on any atom is -0.348 e. The summed E-state index contributed by atoms with van der Waals surface area (Å²) in [5.41, 5.74) is 13.5. The van der Waals surface area contributed by atoms with Crippen molar-refractivity contribution >= 4 is 102 Å². The number of thiazole rings is 3. The van der Waals surface area contributed by atoms with E-state index in [2.05, 4.69) is 187 Å². The fraction of sp³-hybridized carbons (Fsp3) is 0.414. The lowest BCUT2D eigenvalue weighted by Crippen LogP contribution is -2.61. The number of imidazole rings is 2. The Morgan fingerprint density at radius 1 is 0.516 bits per heavy atom. The van der Waals surface area contributed by atoms with Gasteiger partial charge in [0.25, 0.3) is 0 Å². The quantitative estimate of drug-likeness (QED) is 0.126. The van der Waals surface area contributed by atoms with Crippen molar-refractivity contribution in [1.82, 2.24) is 64.7 Å². The topological polar surface area (TPSA) is 150 Å². The van der Waals surface area contributed by atoms with Gasteiger partial charge in [-0.3, -0.25) is 4.68 Å². The second kappa shape index (κ2) is 23.5. The summed E-state index contributed by atoms with van der Waals surface area (Å²) in [4.78, 5) is 30.0. The lowest BCUT2D eigenvalue weighted by molar-refractivity contribution is 0.160. The molecular formula is C70H82F2N16S3. The zero-order chi connectivity index (χ0) is 64.2. The third kappa shape index (κ3) is 13.0. The van der Waals surface area contributed by atoms with E-state index in [1.54, 1.807) is 33.3 Å². The van der Waals surface area contributed by atoms with Crippen molar-refractivity contribution in [2.24, 2.45) is 7.05 Å². The van der Waals surface area contributed by atoms with Gasteiger partial charge in [0.05, 0.1) is 48.4 Å². The molecule has 12 aromatic rings. The monoisotopic (exact) mass is 1280 g/mol. The van der Waals surface area contributed by atoms with Crippen LogP contribution >= 0.6 is 34.0 Å². The molecule has 1 unspecified atom stereocenters. The first kappa shape index (κ1) is 62.3. The minimum absolute atomic E-state index is 0.0335. The van der Waals surface area contributed by atoms with Gasteiger partial charge in [-0.25, -0.2) is 38.2 Å². The van der Waals surface area contributed by atoms with Crippen LogP contribution in [0.3, 0.4) is 0 Å². The van der Waals surface area contributed by atoms with E-state index in [9.17, 15) is 0 Å². The number of likely N-dealkylation sites (N-methyl/N-ethyl adjacent to an activating group) is 1. The van der Waals surface area contributed by atoms with Crippen molar-refractivity contribution < 1.29 is 8.78 Å². The lowest BCUT2D eigenvalue weighted by Gasteiger charge is -2.49. The van der Waals surface area contributed by atoms with Crippen molar-refractivity contribution in [2.45, 2.75) is 149 Å². The summed E-state index contributed by atoms with van der Waals surface area (Å²) in [6, 6.07) is 27.3. The van der Waals surface area contributed by atoms with Crippen LogP contribution in [-0.4, -0.2) is 123 Å². The molecule has 8 aromatic heterocycles. The van der Waals surface area contributed by atoms with Gasteiger partial charge in [0, 0.05) is 105 Å². The maximum absolute atomic E-state index is 15.2. The fourth-order valence-corrected chi connectivity index (χ4v) is 17.5. The molecule has 3 aliphatic rings. The van der Waals surface area contributed by atoms with Gasteiger partial charge in [0.1, 0.15) is 16.7 Å². The van der Waals surface area contributed by atoms with E-state index in [0.717, 1.165) is 120 Å². The zero-order valence-electron chi connectivity index (χ0n) is 54.8. The first-order valence-electron chi connectivity index (χ1n) is 31.4. The highest BCUT2D eigenvalue weighted by atomic mass is 32.1. The smallest absolute Gasteiger partial charge is 0.186 e. The molecule has 91 heavy (non-hydrogen) atoms. The molecule has 0 spiro atoms. The Balaban J connectivity index is 0.000000126. The van der Waals surface area contributed by atoms with Gasteiger partial charge in [-0.15, -0.1) is 0 Å². The number of rotatable bonds is 9. The number of anilines is 3. The standard InChI is InChI=1S/C26H32FN5S.C24H29FN6S.C20H21N5S/c1-15-8-18(14-32-13-16(2)28-23(15)32)17-9-20(27)22-21(10-17)33-24(29-22)31(7)19-11-25(3,4)30-26(5,6)12-19;1-14-13-31-20(26-14)8-7-18(28-31)15-9-17(25)21-19(10-15)32-22(27-21)30(6)16-11-23(2,3)29-24(4,5)12-16;1-24-12-15-9-13(3-5-17(15)23-24)14-4-6-18-19(10-14)26-20(22-18)25(2)16-7-8-21-11-16/h8-10,13-14,19,30H,11-12H2,1-7H3;7-10,13,16,29H,11-12H2,1-6H3;3-6,9-10,12,16,21H,7-8,11H2,1-2H3. The van der Waals surface area contributed by atoms with Crippen LogP contribution in [0.4, 0.5) is 24.2 Å². The van der Waals surface area contributed by atoms with Crippen LogP contribution in [-0.2, 0) is 7.05 Å². The van der Waals surface area contributed by atoms with Crippen molar-refractivity contribution in [3.05, 3.63) is 132 Å². The molecule has 0 bridgehead atoms. The van der Waals surface area contributed by atoms with Crippen LogP contribution in [0.1, 0.15) is 104 Å². The first-order chi connectivity index (χ1) is 43.1. The van der Waals surface area contributed by atoms with Crippen LogP contribution in [0, 0.1) is 32.4 Å². The largest absolute Gasteiger partial charge is 0.348 e. The van der Waals surface area contributed by atoms with Crippen LogP contribution in [0.2, 0.25) is 0 Å². The molecule has 15 rings (SSSR count). The molecule has 11 heterocycles. The maximum atomic E-state index is 15.2. The molecule has 4 aromatic carbocycles. The molecule has 3 fully saturated rings. The van der Waals surface area contributed by atoms with Gasteiger partial charge in [-0.2, -0.15) is 10.2 Å². The number of aromatic nitrogens is 10. The Kier molecular flexibility index (Phi) is 16.1. The Bertz CT molecular complexity index is 4680. The molecule has 1 atom stereocenters. The normalized spacial score (nSPS) is 18.1. The number of aryl methyl sites for hydroxylation is 4. The number of hydrogen-bond acceptors (Lipinski definition) is 16. The third-order valence-electron chi connectivity index (χ3n) is 18.0. The third-order valence-corrected chi connectivity index (χ3v) is 21.3. The van der Waals surface area contributed by atoms with E-state index >= 15 is 8.78 Å². The van der Waals surface area contributed by atoms with Gasteiger partial charge in [0.2, 0.25) is 0 Å². The summed E-state index contributed by atoms with van der Waals surface area (Å²) < 4.78 is 38.9. The molecule has 0 aliphatic carbocycles. The van der Waals surface area contributed by atoms with Gasteiger partial charge >= 0.3 is 0 Å². The number of nitrogens with zero attached hydrogens (tertiary/aromatic N) is 13. The molecule has 3 N–H and O–H groups in total. The fourth-order valence-electron chi connectivity index (χ4n) is 14.4. The van der Waals surface area contributed by atoms with E-state index in [0.29, 0.717) is 34.9 Å². The molecule has 0 saturated carbocycles. The van der Waals surface area contributed by atoms with E-state index in [1.165, 1.54) is 45.0 Å². The SMILES string of the molecule is CN(c1nc2ccc(-c3ccc4nn(C)cc4c3)cc2s1)C1CCNC1.Cc1cn2cc(-c3cc(F)c4nc(N(C)C5CC(C)(C)NC(C)(C)C5)sc4c3)cc(C)c2n1.Cc1cn2nc(-c3cc(F)c4nc(N(C)C5CC(C)(C)NC(C)(C)C5)sc4c3)ccc2n1. The Hall–Kier alpha value is -7.53. The van der Waals surface area contributed by atoms with Crippen molar-refractivity contribution in [1.29, 1.82) is 0 Å². The summed E-state index contributed by atoms with van der Waals surface area (Å²) in [5, 5.41) is 24.0. The van der Waals surface area contributed by atoms with E-state index in [1.807, 2.05) is 73.7 Å². The number of halogens is 2. The van der Waals surface area contributed by atoms with Gasteiger partial charge in [0.15, 0.2) is 32.7 Å². The molecular weight excluding hydrogens is 1200 g/mol. The highest BCUT2D eigenvalue weighted by molar-refractivity contribution is 7.23. The average molecular weight is 1280 g/mol. The summed E-state index contributed by atoms with van der Waals surface area (Å²) in [6.45, 7) is 26.1. The zero-order valence-corrected chi connectivity index (χ0v) is 57.2. The summed E-state index contributed by atoms with van der Waals surface area (Å²) in [6.07, 6.45) is 13.2. The molecule has 16 nitrogen and oxygen atoms in total. The predicted octanol–water partition coefficient (Wildman–Crippen LogP) is 15.0. The lowest BCUT2D eigenvalue weighted by atomic mass is 9.79. The second-order valence-corrected chi connectivity index (χ2v) is 31.2. The van der Waals surface area contributed by atoms with E-state index in [4.69, 9.17) is 9.97 Å². The van der Waals surface area contributed by atoms with Crippen LogP contribution in [0.25, 0.3) is 86.4 Å². The Morgan fingerprint density at radius 3 is 1.67 bits per heavy atom. The van der Waals surface area contributed by atoms with Gasteiger partial charge in [-0.05, 0) is 209 Å². The second-order valence-electron chi connectivity index (χ2n) is 28.2. The molecule has 474 valence electrons. The summed E-state index contributed by atoms with van der Waals surface area (Å²) >= 11 is 4.89. The first-order valence-corrected chi connectivity index (χ1v) is 33.8. The van der Waals surface area contributed by atoms with Crippen molar-refractivity contribution in [3.63, 3.8) is 0 Å². The molecule has 0 radical (unpaired) electrons. The molecule has 3 saturated heterocycles. The number of piperidine rings is 2. The van der Waals surface area contributed by atoms with E-state index in [-0.39, 0.29) is 33.8 Å². The average Bonchev–Trinajstić information content (AvgIpc) is 1.79. The van der Waals surface area contributed by atoms with Gasteiger partial charge in [-0.1, -0.05) is 46.1 Å². The molecule has 3 aliphatic heterocycles. The highest BCUT2D eigenvalue weighted by Crippen LogP contribution is 2.41. The van der Waals surface area contributed by atoms with Gasteiger partial charge < -0.3 is 35.1 Å². The number of benzene rings is 4. The number of hydrogen-bond donors (Lipinski definition) is 3. The minimum atomic E-state index is -0.317. The predicted molar refractivity (Wildman–Crippen MR) is 374 cm³/mol. The molecule has 0 amide bonds. The number of fused-ring (bicyclic) bond motifs is 6. The highest BCUT2D eigenvalue weighted by Gasteiger charge is 2.41. The van der Waals surface area contributed by atoms with Crippen molar-refractivity contribution in [2.75, 3.05) is 48.9 Å². The van der Waals surface area contributed by atoms with Crippen molar-refractivity contribution in [3.8, 4) is 33.5 Å². The van der Waals surface area contributed by atoms with E-state index < -0.39 is 0 Å². The summed E-state index contributed by atoms with van der Waals surface area (Å²) in [5.74, 6) is -0.591. The van der Waals surface area contributed by atoms with Crippen LogP contribution in [0.5, 0.6) is 0 Å². The summed E-state index contributed by atoms with van der Waals surface area (Å²) in [7, 11) is 8.29. The van der Waals surface area contributed by atoms with Crippen LogP contribution in [0.15, 0.2) is 104 Å². The number of pyridine rings is 1. The Labute approximate surface area is 542 Å².